The highest BCUT2D eigenvalue weighted by Gasteiger charge is 2.01. The van der Waals surface area contributed by atoms with Gasteiger partial charge in [0.15, 0.2) is 0 Å². The summed E-state index contributed by atoms with van der Waals surface area (Å²) in [5.41, 5.74) is 0. The lowest BCUT2D eigenvalue weighted by atomic mass is 10.1. The van der Waals surface area contributed by atoms with Crippen molar-refractivity contribution in [3.8, 4) is 0 Å². The van der Waals surface area contributed by atoms with Crippen LogP contribution in [0.25, 0.3) is 0 Å². The molecule has 0 aromatic carbocycles. The predicted octanol–water partition coefficient (Wildman–Crippen LogP) is 3.23. The van der Waals surface area contributed by atoms with Gasteiger partial charge in [0.1, 0.15) is 0 Å². The zero-order valence-corrected chi connectivity index (χ0v) is 9.65. The van der Waals surface area contributed by atoms with Crippen LogP contribution in [-0.2, 0) is 6.42 Å². The highest BCUT2D eigenvalue weighted by atomic mass is 32.1. The first kappa shape index (κ1) is 11.5. The topological polar surface area (TPSA) is 12.0 Å². The molecule has 0 fully saturated rings. The SMILES string of the molecule is C=CC(CCCc1cccs1)NCC. The van der Waals surface area contributed by atoms with Crippen molar-refractivity contribution in [2.75, 3.05) is 6.54 Å². The molecule has 1 unspecified atom stereocenters. The number of nitrogens with one attached hydrogen (secondary N) is 1. The lowest BCUT2D eigenvalue weighted by Gasteiger charge is -2.12. The molecule has 0 spiro atoms. The first-order valence-corrected chi connectivity index (χ1v) is 6.13. The molecule has 0 bridgehead atoms. The van der Waals surface area contributed by atoms with E-state index in [-0.39, 0.29) is 0 Å². The fourth-order valence-electron chi connectivity index (χ4n) is 1.52. The first-order chi connectivity index (χ1) is 6.86. The van der Waals surface area contributed by atoms with E-state index in [2.05, 4.69) is 36.3 Å². The maximum atomic E-state index is 3.84. The Bertz CT molecular complexity index is 241. The van der Waals surface area contributed by atoms with Crippen molar-refractivity contribution in [3.63, 3.8) is 0 Å². The van der Waals surface area contributed by atoms with Crippen molar-refractivity contribution in [1.29, 1.82) is 0 Å². The van der Waals surface area contributed by atoms with Crippen LogP contribution in [0.1, 0.15) is 24.6 Å². The van der Waals surface area contributed by atoms with Crippen LogP contribution in [-0.4, -0.2) is 12.6 Å². The minimum absolute atomic E-state index is 0.486. The first-order valence-electron chi connectivity index (χ1n) is 5.25. The summed E-state index contributed by atoms with van der Waals surface area (Å²) < 4.78 is 0. The predicted molar refractivity (Wildman–Crippen MR) is 64.9 cm³/mol. The number of likely N-dealkylation sites (N-methyl/N-ethyl adjacent to an activating group) is 1. The van der Waals surface area contributed by atoms with Gasteiger partial charge in [-0.1, -0.05) is 19.1 Å². The Morgan fingerprint density at radius 2 is 2.50 bits per heavy atom. The number of aryl methyl sites for hydroxylation is 1. The Kier molecular flexibility index (Phi) is 5.57. The largest absolute Gasteiger partial charge is 0.311 e. The summed E-state index contributed by atoms with van der Waals surface area (Å²) in [7, 11) is 0. The van der Waals surface area contributed by atoms with Crippen LogP contribution in [0.4, 0.5) is 0 Å². The van der Waals surface area contributed by atoms with E-state index in [1.54, 1.807) is 0 Å². The molecule has 78 valence electrons. The molecule has 1 atom stereocenters. The van der Waals surface area contributed by atoms with Crippen LogP contribution in [0.5, 0.6) is 0 Å². The van der Waals surface area contributed by atoms with E-state index in [1.165, 1.54) is 24.1 Å². The average Bonchev–Trinajstić information content (AvgIpc) is 2.69. The van der Waals surface area contributed by atoms with Crippen LogP contribution >= 0.6 is 11.3 Å². The van der Waals surface area contributed by atoms with E-state index in [0.717, 1.165) is 6.54 Å². The second-order valence-electron chi connectivity index (χ2n) is 3.37. The second-order valence-corrected chi connectivity index (χ2v) is 4.40. The molecule has 0 saturated heterocycles. The van der Waals surface area contributed by atoms with Crippen molar-refractivity contribution in [2.24, 2.45) is 0 Å². The Labute approximate surface area is 90.9 Å². The summed E-state index contributed by atoms with van der Waals surface area (Å²) in [4.78, 5) is 1.49. The summed E-state index contributed by atoms with van der Waals surface area (Å²) in [6.07, 6.45) is 5.64. The van der Waals surface area contributed by atoms with E-state index in [0.29, 0.717) is 6.04 Å². The summed E-state index contributed by atoms with van der Waals surface area (Å²) in [5, 5.41) is 5.54. The highest BCUT2D eigenvalue weighted by Crippen LogP contribution is 2.12. The summed E-state index contributed by atoms with van der Waals surface area (Å²) >= 11 is 1.85. The molecule has 0 radical (unpaired) electrons. The van der Waals surface area contributed by atoms with E-state index in [1.807, 2.05) is 17.4 Å². The van der Waals surface area contributed by atoms with Crippen LogP contribution in [0.3, 0.4) is 0 Å². The minimum atomic E-state index is 0.486. The van der Waals surface area contributed by atoms with Gasteiger partial charge in [-0.3, -0.25) is 0 Å². The molecule has 2 heteroatoms. The van der Waals surface area contributed by atoms with E-state index < -0.39 is 0 Å². The van der Waals surface area contributed by atoms with Gasteiger partial charge in [0.25, 0.3) is 0 Å². The quantitative estimate of drug-likeness (QED) is 0.680. The Balaban J connectivity index is 2.16. The lowest BCUT2D eigenvalue weighted by molar-refractivity contribution is 0.554. The van der Waals surface area contributed by atoms with Crippen molar-refractivity contribution in [1.82, 2.24) is 5.32 Å². The van der Waals surface area contributed by atoms with Crippen molar-refractivity contribution < 1.29 is 0 Å². The molecule has 1 nitrogen and oxygen atoms in total. The molecule has 14 heavy (non-hydrogen) atoms. The van der Waals surface area contributed by atoms with Gasteiger partial charge in [0, 0.05) is 10.9 Å². The zero-order chi connectivity index (χ0) is 10.2. The molecule has 1 N–H and O–H groups in total. The smallest absolute Gasteiger partial charge is 0.0247 e. The molecular weight excluding hydrogens is 190 g/mol. The Morgan fingerprint density at radius 1 is 1.64 bits per heavy atom. The third kappa shape index (κ3) is 4.07. The maximum absolute atomic E-state index is 3.84. The minimum Gasteiger partial charge on any atom is -0.311 e. The number of thiophene rings is 1. The monoisotopic (exact) mass is 209 g/mol. The van der Waals surface area contributed by atoms with Gasteiger partial charge in [0.05, 0.1) is 0 Å². The van der Waals surface area contributed by atoms with Crippen molar-refractivity contribution >= 4 is 11.3 Å². The molecule has 1 aromatic heterocycles. The molecule has 0 aliphatic rings. The summed E-state index contributed by atoms with van der Waals surface area (Å²) in [5.74, 6) is 0. The fraction of sp³-hybridized carbons (Fsp3) is 0.500. The molecule has 0 aliphatic heterocycles. The van der Waals surface area contributed by atoms with Crippen molar-refractivity contribution in [3.05, 3.63) is 35.0 Å². The third-order valence-corrected chi connectivity index (χ3v) is 3.21. The van der Waals surface area contributed by atoms with Crippen LogP contribution < -0.4 is 5.32 Å². The van der Waals surface area contributed by atoms with Gasteiger partial charge in [-0.25, -0.2) is 0 Å². The molecule has 1 aromatic rings. The van der Waals surface area contributed by atoms with Crippen LogP contribution in [0.15, 0.2) is 30.2 Å². The lowest BCUT2D eigenvalue weighted by Crippen LogP contribution is -2.26. The fourth-order valence-corrected chi connectivity index (χ4v) is 2.27. The number of hydrogen-bond acceptors (Lipinski definition) is 2. The maximum Gasteiger partial charge on any atom is 0.0247 e. The molecule has 1 rings (SSSR count). The van der Waals surface area contributed by atoms with E-state index in [9.17, 15) is 0 Å². The standard InChI is InChI=1S/C12H19NS/c1-3-11(13-4-2)7-5-8-12-9-6-10-14-12/h3,6,9-11,13H,1,4-5,7-8H2,2H3. The van der Waals surface area contributed by atoms with Gasteiger partial charge in [-0.15, -0.1) is 17.9 Å². The van der Waals surface area contributed by atoms with Gasteiger partial charge in [0.2, 0.25) is 0 Å². The van der Waals surface area contributed by atoms with Crippen LogP contribution in [0.2, 0.25) is 0 Å². The van der Waals surface area contributed by atoms with Gasteiger partial charge < -0.3 is 5.32 Å². The van der Waals surface area contributed by atoms with Crippen LogP contribution in [0, 0.1) is 0 Å². The van der Waals surface area contributed by atoms with E-state index >= 15 is 0 Å². The van der Waals surface area contributed by atoms with Gasteiger partial charge >= 0.3 is 0 Å². The Hall–Kier alpha value is -0.600. The normalized spacial score (nSPS) is 12.6. The molecule has 0 aliphatic carbocycles. The zero-order valence-electron chi connectivity index (χ0n) is 8.83. The number of rotatable bonds is 7. The molecule has 1 heterocycles. The Morgan fingerprint density at radius 3 is 3.07 bits per heavy atom. The van der Waals surface area contributed by atoms with Gasteiger partial charge in [-0.2, -0.15) is 0 Å². The van der Waals surface area contributed by atoms with Crippen molar-refractivity contribution in [2.45, 2.75) is 32.2 Å². The second kappa shape index (κ2) is 6.80. The average molecular weight is 209 g/mol. The molecule has 0 saturated carbocycles. The number of hydrogen-bond donors (Lipinski definition) is 1. The molecule has 0 amide bonds. The highest BCUT2D eigenvalue weighted by molar-refractivity contribution is 7.09. The molecular formula is C12H19NS. The summed E-state index contributed by atoms with van der Waals surface area (Å²) in [6.45, 7) is 6.99. The summed E-state index contributed by atoms with van der Waals surface area (Å²) in [6, 6.07) is 4.82. The third-order valence-electron chi connectivity index (χ3n) is 2.27. The van der Waals surface area contributed by atoms with Gasteiger partial charge in [-0.05, 0) is 37.3 Å². The van der Waals surface area contributed by atoms with E-state index in [4.69, 9.17) is 0 Å².